The Morgan fingerprint density at radius 1 is 0.639 bits per heavy atom. The van der Waals surface area contributed by atoms with Gasteiger partial charge in [0.25, 0.3) is 11.8 Å². The van der Waals surface area contributed by atoms with Crippen LogP contribution in [-0.2, 0) is 19.1 Å². The Morgan fingerprint density at radius 2 is 0.972 bits per heavy atom. The van der Waals surface area contributed by atoms with E-state index in [0.29, 0.717) is 21.2 Å². The standard InChI is InChI=1S/C26H26N2O6S2/c1-25(2,3)33-23(31)27-15-11-7-9-13-17(15)35-19(21(27)29)20-22(30)28(24(32)34-26(4,5)6)16-12-8-10-14-18(16)36-20/h7-14H,1-6H3. The van der Waals surface area contributed by atoms with Crippen molar-refractivity contribution in [1.29, 1.82) is 0 Å². The van der Waals surface area contributed by atoms with Crippen molar-refractivity contribution >= 4 is 58.9 Å². The second-order valence-corrected chi connectivity index (χ2v) is 12.1. The second kappa shape index (κ2) is 9.33. The molecule has 4 amide bonds. The van der Waals surface area contributed by atoms with Crippen LogP contribution in [0.3, 0.4) is 0 Å². The average Bonchev–Trinajstić information content (AvgIpc) is 2.75. The molecule has 4 rings (SSSR count). The summed E-state index contributed by atoms with van der Waals surface area (Å²) in [6, 6.07) is 13.8. The van der Waals surface area contributed by atoms with Crippen LogP contribution in [0.1, 0.15) is 41.5 Å². The Labute approximate surface area is 218 Å². The van der Waals surface area contributed by atoms with Gasteiger partial charge in [-0.1, -0.05) is 47.8 Å². The van der Waals surface area contributed by atoms with E-state index in [-0.39, 0.29) is 9.81 Å². The topological polar surface area (TPSA) is 93.2 Å². The molecule has 0 unspecified atom stereocenters. The molecule has 2 aliphatic rings. The van der Waals surface area contributed by atoms with Crippen molar-refractivity contribution in [2.75, 3.05) is 9.80 Å². The number of nitrogens with zero attached hydrogens (tertiary/aromatic N) is 2. The van der Waals surface area contributed by atoms with Gasteiger partial charge < -0.3 is 9.47 Å². The first kappa shape index (κ1) is 25.8. The number of imide groups is 2. The molecule has 36 heavy (non-hydrogen) atoms. The maximum Gasteiger partial charge on any atom is 0.422 e. The monoisotopic (exact) mass is 526 g/mol. The minimum Gasteiger partial charge on any atom is -0.443 e. The zero-order valence-corrected chi connectivity index (χ0v) is 22.4. The van der Waals surface area contributed by atoms with E-state index in [1.165, 1.54) is 0 Å². The number of fused-ring (bicyclic) bond motifs is 2. The number of hydrogen-bond donors (Lipinski definition) is 0. The number of hydrogen-bond acceptors (Lipinski definition) is 8. The molecular weight excluding hydrogens is 500 g/mol. The number of carbonyl (C=O) groups is 4. The quantitative estimate of drug-likeness (QED) is 0.367. The molecular formula is C26H26N2O6S2. The maximum absolute atomic E-state index is 13.7. The summed E-state index contributed by atoms with van der Waals surface area (Å²) in [6.45, 7) is 10.2. The van der Waals surface area contributed by atoms with Gasteiger partial charge in [-0.05, 0) is 65.8 Å². The highest BCUT2D eigenvalue weighted by molar-refractivity contribution is 8.08. The summed E-state index contributed by atoms with van der Waals surface area (Å²) in [5, 5.41) is 0. The molecule has 10 heteroatoms. The SMILES string of the molecule is CC(C)(C)OC(=O)N1C(=O)C(=C2Sc3ccccc3N(C(=O)OC(C)(C)C)C2=O)Sc2ccccc21. The highest BCUT2D eigenvalue weighted by Crippen LogP contribution is 2.50. The number of ether oxygens (including phenoxy) is 2. The van der Waals surface area contributed by atoms with Gasteiger partial charge in [0.05, 0.1) is 21.2 Å². The molecule has 8 nitrogen and oxygen atoms in total. The third-order valence-electron chi connectivity index (χ3n) is 4.79. The van der Waals surface area contributed by atoms with Crippen LogP contribution in [0, 0.1) is 0 Å². The number of para-hydroxylation sites is 2. The zero-order valence-electron chi connectivity index (χ0n) is 20.8. The van der Waals surface area contributed by atoms with Crippen molar-refractivity contribution in [3.05, 3.63) is 58.3 Å². The first-order chi connectivity index (χ1) is 16.8. The van der Waals surface area contributed by atoms with Gasteiger partial charge in [-0.15, -0.1) is 0 Å². The number of benzene rings is 2. The van der Waals surface area contributed by atoms with Crippen molar-refractivity contribution in [3.63, 3.8) is 0 Å². The van der Waals surface area contributed by atoms with Crippen molar-refractivity contribution < 1.29 is 28.7 Å². The molecule has 0 N–H and O–H groups in total. The van der Waals surface area contributed by atoms with Gasteiger partial charge in [0, 0.05) is 9.79 Å². The molecule has 2 aliphatic heterocycles. The van der Waals surface area contributed by atoms with E-state index in [9.17, 15) is 19.2 Å². The maximum atomic E-state index is 13.7. The molecule has 0 bridgehead atoms. The first-order valence-corrected chi connectivity index (χ1v) is 12.8. The van der Waals surface area contributed by atoms with Gasteiger partial charge in [0.15, 0.2) is 0 Å². The smallest absolute Gasteiger partial charge is 0.422 e. The molecule has 2 aromatic carbocycles. The fourth-order valence-electron chi connectivity index (χ4n) is 3.45. The largest absolute Gasteiger partial charge is 0.443 e. The lowest BCUT2D eigenvalue weighted by Crippen LogP contribution is -2.46. The molecule has 0 spiro atoms. The number of amides is 4. The van der Waals surface area contributed by atoms with Crippen LogP contribution in [0.15, 0.2) is 68.1 Å². The Hall–Kier alpha value is -3.24. The van der Waals surface area contributed by atoms with Crippen LogP contribution in [0.5, 0.6) is 0 Å². The van der Waals surface area contributed by atoms with E-state index >= 15 is 0 Å². The van der Waals surface area contributed by atoms with E-state index < -0.39 is 35.2 Å². The summed E-state index contributed by atoms with van der Waals surface area (Å²) in [6.07, 6.45) is -1.70. The number of carbonyl (C=O) groups excluding carboxylic acids is 4. The van der Waals surface area contributed by atoms with Crippen LogP contribution in [0.25, 0.3) is 0 Å². The van der Waals surface area contributed by atoms with E-state index in [0.717, 1.165) is 33.3 Å². The van der Waals surface area contributed by atoms with Gasteiger partial charge >= 0.3 is 12.2 Å². The molecule has 188 valence electrons. The molecule has 0 aromatic heterocycles. The fraction of sp³-hybridized carbons (Fsp3) is 0.308. The van der Waals surface area contributed by atoms with Crippen molar-refractivity contribution in [3.8, 4) is 0 Å². The Kier molecular flexibility index (Phi) is 6.70. The van der Waals surface area contributed by atoms with Gasteiger partial charge in [0.1, 0.15) is 11.2 Å². The zero-order chi connectivity index (χ0) is 26.4. The molecule has 0 atom stereocenters. The summed E-state index contributed by atoms with van der Waals surface area (Å²) in [4.78, 5) is 56.8. The summed E-state index contributed by atoms with van der Waals surface area (Å²) in [5.41, 5.74) is -0.953. The number of rotatable bonds is 0. The first-order valence-electron chi connectivity index (χ1n) is 11.2. The summed E-state index contributed by atoms with van der Waals surface area (Å²) >= 11 is 2.15. The second-order valence-electron chi connectivity index (χ2n) is 10.0. The summed E-state index contributed by atoms with van der Waals surface area (Å²) in [5.74, 6) is -1.40. The van der Waals surface area contributed by atoms with Crippen LogP contribution in [-0.4, -0.2) is 35.2 Å². The molecule has 0 aliphatic carbocycles. The highest BCUT2D eigenvalue weighted by atomic mass is 32.2. The van der Waals surface area contributed by atoms with Crippen molar-refractivity contribution in [2.45, 2.75) is 62.5 Å². The predicted molar refractivity (Wildman–Crippen MR) is 139 cm³/mol. The van der Waals surface area contributed by atoms with E-state index in [1.807, 2.05) is 0 Å². The highest BCUT2D eigenvalue weighted by Gasteiger charge is 2.43. The van der Waals surface area contributed by atoms with Crippen LogP contribution >= 0.6 is 23.5 Å². The molecule has 0 fully saturated rings. The van der Waals surface area contributed by atoms with Crippen LogP contribution in [0.2, 0.25) is 0 Å². The van der Waals surface area contributed by atoms with E-state index in [4.69, 9.17) is 9.47 Å². The van der Waals surface area contributed by atoms with E-state index in [2.05, 4.69) is 0 Å². The molecule has 0 saturated carbocycles. The minimum absolute atomic E-state index is 0.0256. The molecule has 2 heterocycles. The lowest BCUT2D eigenvalue weighted by Gasteiger charge is -2.34. The van der Waals surface area contributed by atoms with Crippen molar-refractivity contribution in [2.24, 2.45) is 0 Å². The Morgan fingerprint density at radius 3 is 1.31 bits per heavy atom. The molecule has 0 saturated heterocycles. The number of anilines is 2. The number of thioether (sulfide) groups is 2. The summed E-state index contributed by atoms with van der Waals surface area (Å²) < 4.78 is 11.0. The Balaban J connectivity index is 1.85. The van der Waals surface area contributed by atoms with Crippen LogP contribution in [0.4, 0.5) is 21.0 Å². The van der Waals surface area contributed by atoms with Crippen molar-refractivity contribution in [1.82, 2.24) is 0 Å². The molecule has 2 aromatic rings. The normalized spacial score (nSPS) is 17.9. The lowest BCUT2D eigenvalue weighted by atomic mass is 10.2. The minimum atomic E-state index is -0.851. The summed E-state index contributed by atoms with van der Waals surface area (Å²) in [7, 11) is 0. The van der Waals surface area contributed by atoms with Crippen LogP contribution < -0.4 is 9.80 Å². The molecule has 0 radical (unpaired) electrons. The average molecular weight is 527 g/mol. The third kappa shape index (κ3) is 5.15. The van der Waals surface area contributed by atoms with E-state index in [1.54, 1.807) is 90.1 Å². The van der Waals surface area contributed by atoms with Gasteiger partial charge in [-0.25, -0.2) is 19.4 Å². The van der Waals surface area contributed by atoms with Gasteiger partial charge in [0.2, 0.25) is 0 Å². The van der Waals surface area contributed by atoms with Gasteiger partial charge in [-0.3, -0.25) is 9.59 Å². The van der Waals surface area contributed by atoms with Gasteiger partial charge in [-0.2, -0.15) is 0 Å². The lowest BCUT2D eigenvalue weighted by molar-refractivity contribution is -0.116. The Bertz CT molecular complexity index is 1210. The fourth-order valence-corrected chi connectivity index (χ4v) is 5.68. The third-order valence-corrected chi connectivity index (χ3v) is 7.21. The predicted octanol–water partition coefficient (Wildman–Crippen LogP) is 6.35.